The number of aliphatic hydroxyl groups is 1. The normalized spacial score (nSPS) is 26.3. The molecule has 0 bridgehead atoms. The molecule has 1 aromatic carbocycles. The highest BCUT2D eigenvalue weighted by atomic mass is 16.7. The minimum Gasteiger partial charge on any atom is -0.387 e. The fourth-order valence-electron chi connectivity index (χ4n) is 3.74. The fourth-order valence-corrected chi connectivity index (χ4v) is 3.74. The predicted octanol–water partition coefficient (Wildman–Crippen LogP) is 4.48. The number of unbranched alkanes of at least 4 members (excludes halogenated alkanes) is 4. The molecule has 1 saturated heterocycles. The van der Waals surface area contributed by atoms with Gasteiger partial charge in [0.15, 0.2) is 6.29 Å². The van der Waals surface area contributed by atoms with Gasteiger partial charge in [0.05, 0.1) is 13.2 Å². The van der Waals surface area contributed by atoms with Crippen LogP contribution < -0.4 is 0 Å². The summed E-state index contributed by atoms with van der Waals surface area (Å²) >= 11 is 0. The second-order valence-electron chi connectivity index (χ2n) is 8.07. The highest BCUT2D eigenvalue weighted by molar-refractivity contribution is 5.13. The fraction of sp³-hybridized carbons (Fsp3) is 0.760. The van der Waals surface area contributed by atoms with Crippen molar-refractivity contribution in [3.63, 3.8) is 0 Å². The third-order valence-corrected chi connectivity index (χ3v) is 5.42. The highest BCUT2D eigenvalue weighted by Gasteiger charge is 2.47. The zero-order chi connectivity index (χ0) is 22.3. The monoisotopic (exact) mass is 438 g/mol. The van der Waals surface area contributed by atoms with E-state index in [2.05, 4.69) is 6.92 Å². The van der Waals surface area contributed by atoms with Gasteiger partial charge in [-0.05, 0) is 25.3 Å². The zero-order valence-corrected chi connectivity index (χ0v) is 19.5. The summed E-state index contributed by atoms with van der Waals surface area (Å²) < 4.78 is 30.0. The largest absolute Gasteiger partial charge is 0.387 e. The molecule has 5 atom stereocenters. The number of aliphatic hydroxyl groups excluding tert-OH is 1. The topological polar surface area (TPSA) is 66.4 Å². The van der Waals surface area contributed by atoms with E-state index in [1.807, 2.05) is 44.2 Å². The minimum atomic E-state index is -0.834. The molecule has 1 aliphatic heterocycles. The van der Waals surface area contributed by atoms with E-state index in [9.17, 15) is 5.11 Å². The Labute approximate surface area is 188 Å². The van der Waals surface area contributed by atoms with Gasteiger partial charge in [0.25, 0.3) is 0 Å². The first-order chi connectivity index (χ1) is 15.2. The average Bonchev–Trinajstić information content (AvgIpc) is 2.79. The van der Waals surface area contributed by atoms with Crippen molar-refractivity contribution in [2.45, 2.75) is 96.6 Å². The molecule has 1 fully saturated rings. The van der Waals surface area contributed by atoms with Gasteiger partial charge < -0.3 is 28.8 Å². The maximum Gasteiger partial charge on any atom is 0.187 e. The quantitative estimate of drug-likeness (QED) is 0.384. The molecule has 1 aliphatic rings. The first-order valence-electron chi connectivity index (χ1n) is 12.0. The number of hydrogen-bond donors (Lipinski definition) is 1. The Morgan fingerprint density at radius 2 is 1.61 bits per heavy atom. The zero-order valence-electron chi connectivity index (χ0n) is 19.5. The van der Waals surface area contributed by atoms with Crippen molar-refractivity contribution in [2.24, 2.45) is 0 Å². The number of hydrogen-bond acceptors (Lipinski definition) is 6. The molecule has 0 aromatic heterocycles. The van der Waals surface area contributed by atoms with Crippen LogP contribution in [0.1, 0.15) is 64.9 Å². The molecule has 6 nitrogen and oxygen atoms in total. The lowest BCUT2D eigenvalue weighted by atomic mass is 9.98. The van der Waals surface area contributed by atoms with E-state index in [0.717, 1.165) is 18.4 Å². The summed E-state index contributed by atoms with van der Waals surface area (Å²) in [7, 11) is 0. The summed E-state index contributed by atoms with van der Waals surface area (Å²) in [5.74, 6) is 0. The van der Waals surface area contributed by atoms with Crippen molar-refractivity contribution in [3.8, 4) is 0 Å². The van der Waals surface area contributed by atoms with Gasteiger partial charge >= 0.3 is 0 Å². The van der Waals surface area contributed by atoms with E-state index in [1.165, 1.54) is 25.7 Å². The lowest BCUT2D eigenvalue weighted by Gasteiger charge is -2.44. The van der Waals surface area contributed by atoms with Crippen molar-refractivity contribution < 1.29 is 28.8 Å². The van der Waals surface area contributed by atoms with Gasteiger partial charge in [-0.3, -0.25) is 0 Å². The maximum absolute atomic E-state index is 11.0. The minimum absolute atomic E-state index is 0.310. The summed E-state index contributed by atoms with van der Waals surface area (Å²) in [5, 5.41) is 11.0. The smallest absolute Gasteiger partial charge is 0.187 e. The first kappa shape index (κ1) is 26.2. The molecule has 1 aromatic rings. The Balaban J connectivity index is 1.96. The molecule has 6 heteroatoms. The molecule has 178 valence electrons. The highest BCUT2D eigenvalue weighted by Crippen LogP contribution is 2.28. The Morgan fingerprint density at radius 1 is 0.839 bits per heavy atom. The molecular formula is C25H42O6. The van der Waals surface area contributed by atoms with Gasteiger partial charge in [-0.1, -0.05) is 69.9 Å². The summed E-state index contributed by atoms with van der Waals surface area (Å²) in [6.45, 7) is 8.58. The average molecular weight is 439 g/mol. The van der Waals surface area contributed by atoms with Crippen LogP contribution in [0.25, 0.3) is 0 Å². The SMILES string of the molecule is CCCCCCCOC[C@H]1OC(OCc2ccccc2)[C@H](OCC)[C@@H](OCCC)[C@@H]1O. The van der Waals surface area contributed by atoms with Crippen molar-refractivity contribution in [3.05, 3.63) is 35.9 Å². The van der Waals surface area contributed by atoms with Gasteiger partial charge in [-0.15, -0.1) is 0 Å². The van der Waals surface area contributed by atoms with Crippen molar-refractivity contribution in [1.82, 2.24) is 0 Å². The van der Waals surface area contributed by atoms with Crippen LogP contribution in [0.2, 0.25) is 0 Å². The summed E-state index contributed by atoms with van der Waals surface area (Å²) in [5.41, 5.74) is 1.05. The van der Waals surface area contributed by atoms with E-state index < -0.39 is 30.7 Å². The third kappa shape index (κ3) is 9.16. The summed E-state index contributed by atoms with van der Waals surface area (Å²) in [6, 6.07) is 9.96. The molecule has 1 unspecified atom stereocenters. The lowest BCUT2D eigenvalue weighted by molar-refractivity contribution is -0.319. The Bertz CT molecular complexity index is 554. The molecule has 0 saturated carbocycles. The first-order valence-corrected chi connectivity index (χ1v) is 12.0. The molecule has 0 amide bonds. The second-order valence-corrected chi connectivity index (χ2v) is 8.07. The Hall–Kier alpha value is -1.02. The van der Waals surface area contributed by atoms with E-state index >= 15 is 0 Å². The van der Waals surface area contributed by atoms with E-state index in [4.69, 9.17) is 23.7 Å². The molecule has 2 rings (SSSR count). The van der Waals surface area contributed by atoms with Crippen molar-refractivity contribution in [2.75, 3.05) is 26.4 Å². The van der Waals surface area contributed by atoms with Gasteiger partial charge in [0.2, 0.25) is 0 Å². The van der Waals surface area contributed by atoms with E-state index in [0.29, 0.717) is 33.0 Å². The molecular weight excluding hydrogens is 396 g/mol. The van der Waals surface area contributed by atoms with Crippen molar-refractivity contribution >= 4 is 0 Å². The standard InChI is InChI=1S/C25H42O6/c1-4-7-8-9-13-17-27-19-21-22(26)23(29-16-5-2)24(28-6-3)25(31-21)30-18-20-14-11-10-12-15-20/h10-12,14-15,21-26H,4-9,13,16-19H2,1-3H3/t21-,22-,23+,24-,25?/m1/s1. The van der Waals surface area contributed by atoms with E-state index in [-0.39, 0.29) is 0 Å². The molecule has 0 spiro atoms. The van der Waals surface area contributed by atoms with Crippen LogP contribution in [0.15, 0.2) is 30.3 Å². The van der Waals surface area contributed by atoms with Crippen LogP contribution in [-0.2, 0) is 30.3 Å². The van der Waals surface area contributed by atoms with Crippen LogP contribution in [-0.4, -0.2) is 62.2 Å². The summed E-state index contributed by atoms with van der Waals surface area (Å²) in [6.07, 6.45) is 3.77. The van der Waals surface area contributed by atoms with Gasteiger partial charge in [0, 0.05) is 19.8 Å². The van der Waals surface area contributed by atoms with Crippen LogP contribution in [0.5, 0.6) is 0 Å². The molecule has 1 heterocycles. The Morgan fingerprint density at radius 3 is 2.32 bits per heavy atom. The maximum atomic E-state index is 11.0. The lowest BCUT2D eigenvalue weighted by Crippen LogP contribution is -2.61. The molecule has 1 N–H and O–H groups in total. The molecule has 0 aliphatic carbocycles. The number of ether oxygens (including phenoxy) is 5. The summed E-state index contributed by atoms with van der Waals surface area (Å²) in [4.78, 5) is 0. The van der Waals surface area contributed by atoms with Crippen LogP contribution in [0, 0.1) is 0 Å². The number of rotatable bonds is 16. The number of benzene rings is 1. The van der Waals surface area contributed by atoms with Crippen LogP contribution >= 0.6 is 0 Å². The van der Waals surface area contributed by atoms with Gasteiger partial charge in [-0.2, -0.15) is 0 Å². The van der Waals surface area contributed by atoms with Crippen LogP contribution in [0.4, 0.5) is 0 Å². The van der Waals surface area contributed by atoms with Crippen molar-refractivity contribution in [1.29, 1.82) is 0 Å². The van der Waals surface area contributed by atoms with Gasteiger partial charge in [0.1, 0.15) is 24.4 Å². The predicted molar refractivity (Wildman–Crippen MR) is 121 cm³/mol. The molecule has 31 heavy (non-hydrogen) atoms. The second kappa shape index (κ2) is 15.7. The van der Waals surface area contributed by atoms with E-state index in [1.54, 1.807) is 0 Å². The van der Waals surface area contributed by atoms with Crippen LogP contribution in [0.3, 0.4) is 0 Å². The Kier molecular flexibility index (Phi) is 13.3. The van der Waals surface area contributed by atoms with Gasteiger partial charge in [-0.25, -0.2) is 0 Å². The molecule has 0 radical (unpaired) electrons. The third-order valence-electron chi connectivity index (χ3n) is 5.42.